The number of hydrogen-bond acceptors (Lipinski definition) is 8. The minimum Gasteiger partial charge on any atom is -0.490 e. The average molecular weight is 737 g/mol. The largest absolute Gasteiger partial charge is 0.534 e. The highest BCUT2D eigenvalue weighted by Crippen LogP contribution is 2.48. The lowest BCUT2D eigenvalue weighted by atomic mass is 9.93. The molecule has 0 aliphatic rings. The summed E-state index contributed by atoms with van der Waals surface area (Å²) in [7, 11) is -6.01. The minimum atomic E-state index is -6.01. The van der Waals surface area contributed by atoms with Crippen molar-refractivity contribution >= 4 is 42.4 Å². The van der Waals surface area contributed by atoms with E-state index in [0.717, 1.165) is 63.2 Å². The summed E-state index contributed by atoms with van der Waals surface area (Å²) in [6.07, 6.45) is 8.36. The van der Waals surface area contributed by atoms with E-state index in [4.69, 9.17) is 27.9 Å². The summed E-state index contributed by atoms with van der Waals surface area (Å²) in [6, 6.07) is 10.3. The van der Waals surface area contributed by atoms with Crippen molar-refractivity contribution < 1.29 is 49.5 Å². The van der Waals surface area contributed by atoms with E-state index in [-0.39, 0.29) is 12.4 Å². The molecule has 0 radical (unpaired) electrons. The van der Waals surface area contributed by atoms with Gasteiger partial charge >= 0.3 is 15.6 Å². The molecule has 0 spiro atoms. The predicted molar refractivity (Wildman–Crippen MR) is 197 cm³/mol. The topological polar surface area (TPSA) is 89.5 Å². The van der Waals surface area contributed by atoms with Gasteiger partial charge in [-0.05, 0) is 101 Å². The highest BCUT2D eigenvalue weighted by atomic mass is 32.2. The average Bonchev–Trinajstić information content (AvgIpc) is 3.09. The molecule has 0 amide bonds. The number of hydrogen-bond donors (Lipinski definition) is 0. The van der Waals surface area contributed by atoms with Gasteiger partial charge in [0.15, 0.2) is 34.5 Å². The van der Waals surface area contributed by atoms with Crippen LogP contribution in [0.15, 0.2) is 36.4 Å². The molecule has 0 atom stereocenters. The van der Waals surface area contributed by atoms with Crippen LogP contribution in [-0.4, -0.2) is 47.0 Å². The van der Waals surface area contributed by atoms with Crippen LogP contribution in [0.25, 0.3) is 32.3 Å². The first-order valence-corrected chi connectivity index (χ1v) is 19.6. The zero-order valence-corrected chi connectivity index (χ0v) is 31.2. The van der Waals surface area contributed by atoms with Crippen LogP contribution >= 0.6 is 0 Å². The standard InChI is InChI=1S/C39H51F3O8S/c1-6-11-16-45-33-21-27-28-22-34(46-17-12-7-2)36(48-19-14-9-4)24-30(28)32-26-38(50-51(43,44)39(40,41)42)37(49-20-15-10-5)25-31(32)29(27)23-35(33)47-18-13-8-3/h21-26H,6-20H2,1-5H3. The highest BCUT2D eigenvalue weighted by molar-refractivity contribution is 7.88. The molecule has 0 aliphatic carbocycles. The van der Waals surface area contributed by atoms with E-state index in [1.54, 1.807) is 12.1 Å². The van der Waals surface area contributed by atoms with Crippen LogP contribution < -0.4 is 27.9 Å². The van der Waals surface area contributed by atoms with Crippen LogP contribution in [0.5, 0.6) is 34.5 Å². The Hall–Kier alpha value is -3.80. The molecule has 0 heterocycles. The number of benzene rings is 4. The lowest BCUT2D eigenvalue weighted by Crippen LogP contribution is -2.28. The minimum absolute atomic E-state index is 0.125. The molecule has 12 heteroatoms. The van der Waals surface area contributed by atoms with Crippen LogP contribution in [0, 0.1) is 0 Å². The molecule has 0 aliphatic heterocycles. The summed E-state index contributed by atoms with van der Waals surface area (Å²) in [5.74, 6) is 1.41. The zero-order chi connectivity index (χ0) is 37.0. The SMILES string of the molecule is CCCCOc1cc2c3cc(OCCCC)c(OCCCC)cc3c3cc(OS(=O)(=O)C(F)(F)F)c(OCCCC)cc3c2cc1OCCCC. The van der Waals surface area contributed by atoms with Crippen LogP contribution in [-0.2, 0) is 10.1 Å². The van der Waals surface area contributed by atoms with Crippen LogP contribution in [0.2, 0.25) is 0 Å². The first kappa shape index (κ1) is 40.0. The van der Waals surface area contributed by atoms with Crippen LogP contribution in [0.1, 0.15) is 98.8 Å². The highest BCUT2D eigenvalue weighted by Gasteiger charge is 2.49. The second-order valence-corrected chi connectivity index (χ2v) is 14.1. The Morgan fingerprint density at radius 1 is 0.431 bits per heavy atom. The molecular weight excluding hydrogens is 685 g/mol. The third-order valence-electron chi connectivity index (χ3n) is 8.38. The van der Waals surface area contributed by atoms with Crippen molar-refractivity contribution in [2.24, 2.45) is 0 Å². The first-order valence-electron chi connectivity index (χ1n) is 18.2. The molecule has 0 saturated carbocycles. The quantitative estimate of drug-likeness (QED) is 0.0341. The van der Waals surface area contributed by atoms with Crippen molar-refractivity contribution in [3.63, 3.8) is 0 Å². The van der Waals surface area contributed by atoms with Gasteiger partial charge in [0.05, 0.1) is 33.0 Å². The molecule has 0 aromatic heterocycles. The Bertz CT molecular complexity index is 1810. The number of ether oxygens (including phenoxy) is 5. The van der Waals surface area contributed by atoms with Crippen LogP contribution in [0.4, 0.5) is 13.2 Å². The number of unbranched alkanes of at least 4 members (excludes halogenated alkanes) is 5. The summed E-state index contributed by atoms with van der Waals surface area (Å²) in [4.78, 5) is 0. The Kier molecular flexibility index (Phi) is 14.6. The van der Waals surface area contributed by atoms with Gasteiger partial charge in [0, 0.05) is 0 Å². The van der Waals surface area contributed by atoms with E-state index in [9.17, 15) is 21.6 Å². The molecule has 51 heavy (non-hydrogen) atoms. The van der Waals surface area contributed by atoms with Crippen molar-refractivity contribution in [2.75, 3.05) is 33.0 Å². The molecule has 282 valence electrons. The molecule has 0 saturated heterocycles. The molecule has 4 rings (SSSR count). The number of rotatable bonds is 22. The van der Waals surface area contributed by atoms with E-state index in [1.807, 2.05) is 25.1 Å². The zero-order valence-electron chi connectivity index (χ0n) is 30.4. The Morgan fingerprint density at radius 3 is 0.863 bits per heavy atom. The molecule has 0 bridgehead atoms. The van der Waals surface area contributed by atoms with Gasteiger partial charge in [-0.1, -0.05) is 66.7 Å². The maximum atomic E-state index is 13.6. The van der Waals surface area contributed by atoms with E-state index in [1.165, 1.54) is 6.07 Å². The summed E-state index contributed by atoms with van der Waals surface area (Å²) in [5, 5.41) is 3.82. The number of alkyl halides is 3. The predicted octanol–water partition coefficient (Wildman–Crippen LogP) is 11.3. The smallest absolute Gasteiger partial charge is 0.490 e. The summed E-state index contributed by atoms with van der Waals surface area (Å²) in [6.45, 7) is 12.2. The Balaban J connectivity index is 2.13. The maximum absolute atomic E-state index is 13.6. The van der Waals surface area contributed by atoms with Crippen molar-refractivity contribution in [3.05, 3.63) is 36.4 Å². The van der Waals surface area contributed by atoms with Gasteiger partial charge < -0.3 is 27.9 Å². The molecule has 0 unspecified atom stereocenters. The second kappa shape index (κ2) is 18.6. The van der Waals surface area contributed by atoms with Crippen molar-refractivity contribution in [2.45, 2.75) is 104 Å². The van der Waals surface area contributed by atoms with E-state index >= 15 is 0 Å². The van der Waals surface area contributed by atoms with Crippen molar-refractivity contribution in [3.8, 4) is 34.5 Å². The Morgan fingerprint density at radius 2 is 0.647 bits per heavy atom. The monoisotopic (exact) mass is 736 g/mol. The maximum Gasteiger partial charge on any atom is 0.534 e. The van der Waals surface area contributed by atoms with Gasteiger partial charge in [0.1, 0.15) is 0 Å². The lowest BCUT2D eigenvalue weighted by molar-refractivity contribution is -0.0500. The fourth-order valence-corrected chi connectivity index (χ4v) is 5.90. The molecule has 0 fully saturated rings. The molecule has 0 N–H and O–H groups in total. The van der Waals surface area contributed by atoms with Crippen molar-refractivity contribution in [1.82, 2.24) is 0 Å². The lowest BCUT2D eigenvalue weighted by Gasteiger charge is -2.20. The summed E-state index contributed by atoms with van der Waals surface area (Å²) in [5.41, 5.74) is -5.64. The summed E-state index contributed by atoms with van der Waals surface area (Å²) < 4.78 is 101. The molecule has 4 aromatic carbocycles. The second-order valence-electron chi connectivity index (χ2n) is 12.5. The van der Waals surface area contributed by atoms with E-state index in [0.29, 0.717) is 82.8 Å². The molecule has 8 nitrogen and oxygen atoms in total. The third-order valence-corrected chi connectivity index (χ3v) is 9.35. The number of halogens is 3. The number of fused-ring (bicyclic) bond motifs is 6. The fraction of sp³-hybridized carbons (Fsp3) is 0.538. The van der Waals surface area contributed by atoms with Crippen LogP contribution in [0.3, 0.4) is 0 Å². The van der Waals surface area contributed by atoms with E-state index in [2.05, 4.69) is 27.7 Å². The van der Waals surface area contributed by atoms with Gasteiger partial charge in [-0.15, -0.1) is 0 Å². The summed E-state index contributed by atoms with van der Waals surface area (Å²) >= 11 is 0. The van der Waals surface area contributed by atoms with E-state index < -0.39 is 21.4 Å². The fourth-order valence-electron chi connectivity index (χ4n) is 5.44. The molecular formula is C39H51F3O8S. The first-order chi connectivity index (χ1) is 24.5. The van der Waals surface area contributed by atoms with Gasteiger partial charge in [-0.2, -0.15) is 21.6 Å². The van der Waals surface area contributed by atoms with Gasteiger partial charge in [0.25, 0.3) is 0 Å². The van der Waals surface area contributed by atoms with Gasteiger partial charge in [-0.3, -0.25) is 0 Å². The Labute approximate surface area is 299 Å². The van der Waals surface area contributed by atoms with Gasteiger partial charge in [0.2, 0.25) is 0 Å². The third kappa shape index (κ3) is 9.96. The van der Waals surface area contributed by atoms with Crippen molar-refractivity contribution in [1.29, 1.82) is 0 Å². The molecule has 4 aromatic rings. The normalized spacial score (nSPS) is 12.1. The van der Waals surface area contributed by atoms with Gasteiger partial charge in [-0.25, -0.2) is 0 Å².